The number of likely N-dealkylation sites (tertiary alicyclic amines) is 1. The van der Waals surface area contributed by atoms with Crippen LogP contribution in [0.3, 0.4) is 0 Å². The molecular formula is C15H25N3O. The fraction of sp³-hybridized carbons (Fsp3) is 0.667. The van der Waals surface area contributed by atoms with E-state index in [0.717, 1.165) is 12.5 Å². The first-order chi connectivity index (χ1) is 9.04. The quantitative estimate of drug-likeness (QED) is 0.816. The van der Waals surface area contributed by atoms with Gasteiger partial charge in [-0.3, -0.25) is 9.69 Å². The first-order valence-corrected chi connectivity index (χ1v) is 7.07. The SMILES string of the molecule is CN(C)CC1CCN(Cc2ccc(=O)n(C)c2)CC1. The standard InChI is InChI=1S/C15H25N3O/c1-16(2)10-13-6-8-18(9-7-13)12-14-4-5-15(19)17(3)11-14/h4-5,11,13H,6-10,12H2,1-3H3. The number of hydrogen-bond acceptors (Lipinski definition) is 3. The molecule has 0 aliphatic carbocycles. The molecule has 0 saturated carbocycles. The summed E-state index contributed by atoms with van der Waals surface area (Å²) in [5.41, 5.74) is 1.29. The Balaban J connectivity index is 1.85. The van der Waals surface area contributed by atoms with Crippen molar-refractivity contribution in [2.75, 3.05) is 33.7 Å². The minimum atomic E-state index is 0.0634. The Bertz CT molecular complexity index is 459. The lowest BCUT2D eigenvalue weighted by atomic mass is 9.96. The van der Waals surface area contributed by atoms with Crippen LogP contribution in [0.4, 0.5) is 0 Å². The molecule has 19 heavy (non-hydrogen) atoms. The number of aromatic nitrogens is 1. The van der Waals surface area contributed by atoms with Crippen molar-refractivity contribution in [3.63, 3.8) is 0 Å². The van der Waals surface area contributed by atoms with E-state index < -0.39 is 0 Å². The molecule has 1 aliphatic heterocycles. The van der Waals surface area contributed by atoms with Gasteiger partial charge in [0.25, 0.3) is 0 Å². The van der Waals surface area contributed by atoms with E-state index in [1.165, 1.54) is 38.0 Å². The van der Waals surface area contributed by atoms with Crippen molar-refractivity contribution >= 4 is 0 Å². The van der Waals surface area contributed by atoms with Gasteiger partial charge >= 0.3 is 0 Å². The van der Waals surface area contributed by atoms with Gasteiger partial charge in [-0.25, -0.2) is 0 Å². The fourth-order valence-electron chi connectivity index (χ4n) is 2.85. The molecule has 0 amide bonds. The Morgan fingerprint density at radius 2 is 1.95 bits per heavy atom. The predicted octanol–water partition coefficient (Wildman–Crippen LogP) is 1.16. The van der Waals surface area contributed by atoms with Crippen molar-refractivity contribution in [3.05, 3.63) is 34.2 Å². The van der Waals surface area contributed by atoms with Gasteiger partial charge in [0.1, 0.15) is 0 Å². The highest BCUT2D eigenvalue weighted by Gasteiger charge is 2.19. The molecule has 1 aliphatic rings. The average molecular weight is 263 g/mol. The third kappa shape index (κ3) is 4.18. The molecule has 1 saturated heterocycles. The van der Waals surface area contributed by atoms with Crippen molar-refractivity contribution in [1.82, 2.24) is 14.4 Å². The second-order valence-corrected chi connectivity index (χ2v) is 5.97. The molecule has 0 bridgehead atoms. The van der Waals surface area contributed by atoms with Gasteiger partial charge in [0.05, 0.1) is 0 Å². The van der Waals surface area contributed by atoms with Gasteiger partial charge in [-0.1, -0.05) is 6.07 Å². The van der Waals surface area contributed by atoms with Crippen LogP contribution in [0.1, 0.15) is 18.4 Å². The Kier molecular flexibility index (Phi) is 4.77. The van der Waals surface area contributed by atoms with Crippen LogP contribution in [-0.2, 0) is 13.6 Å². The van der Waals surface area contributed by atoms with Crippen LogP contribution in [0.25, 0.3) is 0 Å². The van der Waals surface area contributed by atoms with Crippen molar-refractivity contribution in [1.29, 1.82) is 0 Å². The number of rotatable bonds is 4. The molecule has 1 fully saturated rings. The maximum absolute atomic E-state index is 11.4. The predicted molar refractivity (Wildman–Crippen MR) is 78.2 cm³/mol. The molecule has 0 radical (unpaired) electrons. The smallest absolute Gasteiger partial charge is 0.250 e. The molecule has 4 nitrogen and oxygen atoms in total. The number of pyridine rings is 1. The van der Waals surface area contributed by atoms with Crippen LogP contribution in [0.15, 0.2) is 23.1 Å². The van der Waals surface area contributed by atoms with E-state index in [2.05, 4.69) is 23.9 Å². The summed E-state index contributed by atoms with van der Waals surface area (Å²) in [5.74, 6) is 0.839. The molecular weight excluding hydrogens is 238 g/mol. The molecule has 1 aromatic rings. The lowest BCUT2D eigenvalue weighted by Gasteiger charge is -2.33. The highest BCUT2D eigenvalue weighted by atomic mass is 16.1. The maximum atomic E-state index is 11.4. The van der Waals surface area contributed by atoms with Gasteiger partial charge in [0.15, 0.2) is 0 Å². The molecule has 0 spiro atoms. The average Bonchev–Trinajstić information content (AvgIpc) is 2.36. The van der Waals surface area contributed by atoms with E-state index >= 15 is 0 Å². The van der Waals surface area contributed by atoms with Crippen LogP contribution >= 0.6 is 0 Å². The van der Waals surface area contributed by atoms with Gasteiger partial charge in [-0.05, 0) is 51.5 Å². The first-order valence-electron chi connectivity index (χ1n) is 7.07. The summed E-state index contributed by atoms with van der Waals surface area (Å²) in [6.07, 6.45) is 4.52. The second kappa shape index (κ2) is 6.35. The van der Waals surface area contributed by atoms with Crippen LogP contribution in [0, 0.1) is 5.92 Å². The molecule has 2 rings (SSSR count). The summed E-state index contributed by atoms with van der Waals surface area (Å²) in [4.78, 5) is 16.1. The summed E-state index contributed by atoms with van der Waals surface area (Å²) >= 11 is 0. The minimum Gasteiger partial charge on any atom is -0.318 e. The molecule has 1 aromatic heterocycles. The van der Waals surface area contributed by atoms with E-state index in [0.29, 0.717) is 0 Å². The third-order valence-electron chi connectivity index (χ3n) is 3.88. The topological polar surface area (TPSA) is 28.5 Å². The summed E-state index contributed by atoms with van der Waals surface area (Å²) in [6.45, 7) is 4.50. The zero-order valence-corrected chi connectivity index (χ0v) is 12.3. The Hall–Kier alpha value is -1.13. The molecule has 0 aromatic carbocycles. The van der Waals surface area contributed by atoms with Gasteiger partial charge in [0, 0.05) is 32.4 Å². The number of hydrogen-bond donors (Lipinski definition) is 0. The van der Waals surface area contributed by atoms with Gasteiger partial charge in [-0.2, -0.15) is 0 Å². The van der Waals surface area contributed by atoms with Gasteiger partial charge in [0.2, 0.25) is 5.56 Å². The highest BCUT2D eigenvalue weighted by molar-refractivity contribution is 5.09. The summed E-state index contributed by atoms with van der Waals surface area (Å²) < 4.78 is 1.66. The van der Waals surface area contributed by atoms with Crippen LogP contribution < -0.4 is 5.56 Å². The first kappa shape index (κ1) is 14.3. The van der Waals surface area contributed by atoms with Gasteiger partial charge in [-0.15, -0.1) is 0 Å². The van der Waals surface area contributed by atoms with E-state index in [1.54, 1.807) is 10.6 Å². The van der Waals surface area contributed by atoms with Crippen LogP contribution in [0.5, 0.6) is 0 Å². The van der Waals surface area contributed by atoms with Gasteiger partial charge < -0.3 is 9.47 Å². The Morgan fingerprint density at radius 3 is 2.53 bits per heavy atom. The van der Waals surface area contributed by atoms with E-state index in [9.17, 15) is 4.79 Å². The van der Waals surface area contributed by atoms with Crippen molar-refractivity contribution in [2.45, 2.75) is 19.4 Å². The van der Waals surface area contributed by atoms with E-state index in [1.807, 2.05) is 19.3 Å². The van der Waals surface area contributed by atoms with E-state index in [4.69, 9.17) is 0 Å². The molecule has 0 atom stereocenters. The fourth-order valence-corrected chi connectivity index (χ4v) is 2.85. The summed E-state index contributed by atoms with van der Waals surface area (Å²) in [6, 6.07) is 3.61. The number of nitrogens with zero attached hydrogens (tertiary/aromatic N) is 3. The number of aryl methyl sites for hydroxylation is 1. The van der Waals surface area contributed by atoms with Crippen molar-refractivity contribution < 1.29 is 0 Å². The molecule has 4 heteroatoms. The minimum absolute atomic E-state index is 0.0634. The lowest BCUT2D eigenvalue weighted by molar-refractivity contribution is 0.156. The van der Waals surface area contributed by atoms with Crippen LogP contribution in [-0.4, -0.2) is 48.1 Å². The number of piperidine rings is 1. The maximum Gasteiger partial charge on any atom is 0.250 e. The van der Waals surface area contributed by atoms with Crippen molar-refractivity contribution in [2.24, 2.45) is 13.0 Å². The monoisotopic (exact) mass is 263 g/mol. The zero-order chi connectivity index (χ0) is 13.8. The normalized spacial score (nSPS) is 18.1. The molecule has 106 valence electrons. The van der Waals surface area contributed by atoms with Crippen molar-refractivity contribution in [3.8, 4) is 0 Å². The molecule has 0 N–H and O–H groups in total. The van der Waals surface area contributed by atoms with E-state index in [-0.39, 0.29) is 5.56 Å². The molecule has 2 heterocycles. The third-order valence-corrected chi connectivity index (χ3v) is 3.88. The lowest BCUT2D eigenvalue weighted by Crippen LogP contribution is -2.36. The highest BCUT2D eigenvalue weighted by Crippen LogP contribution is 2.19. The largest absolute Gasteiger partial charge is 0.318 e. The van der Waals surface area contributed by atoms with Crippen LogP contribution in [0.2, 0.25) is 0 Å². The summed E-state index contributed by atoms with van der Waals surface area (Å²) in [7, 11) is 6.11. The second-order valence-electron chi connectivity index (χ2n) is 5.97. The zero-order valence-electron chi connectivity index (χ0n) is 12.3. The Morgan fingerprint density at radius 1 is 1.26 bits per heavy atom. The summed E-state index contributed by atoms with van der Waals surface area (Å²) in [5, 5.41) is 0. The molecule has 0 unspecified atom stereocenters. The Labute approximate surface area is 115 Å².